The minimum Gasteiger partial charge on any atom is -0.459 e. The van der Waals surface area contributed by atoms with E-state index in [0.29, 0.717) is 47.5 Å². The number of anilines is 1. The van der Waals surface area contributed by atoms with Gasteiger partial charge in [0.2, 0.25) is 0 Å². The van der Waals surface area contributed by atoms with Gasteiger partial charge in [-0.1, -0.05) is 57.2 Å². The van der Waals surface area contributed by atoms with Gasteiger partial charge >= 0.3 is 12.1 Å². The summed E-state index contributed by atoms with van der Waals surface area (Å²) in [4.78, 5) is 45.2. The van der Waals surface area contributed by atoms with Gasteiger partial charge in [0.1, 0.15) is 41.6 Å². The average Bonchev–Trinajstić information content (AvgIpc) is 4.05. The van der Waals surface area contributed by atoms with Crippen molar-refractivity contribution in [2.75, 3.05) is 39.3 Å². The number of amides is 1. The Bertz CT molecular complexity index is 2570. The van der Waals surface area contributed by atoms with Crippen molar-refractivity contribution in [1.29, 1.82) is 0 Å². The summed E-state index contributed by atoms with van der Waals surface area (Å²) < 4.78 is 67.4. The first kappa shape index (κ1) is 63.0. The number of cyclic esters (lactones) is 2. The summed E-state index contributed by atoms with van der Waals surface area (Å²) in [5, 5.41) is 65.0. The van der Waals surface area contributed by atoms with Gasteiger partial charge in [0.15, 0.2) is 12.6 Å². The van der Waals surface area contributed by atoms with E-state index in [4.69, 9.17) is 37.9 Å². The van der Waals surface area contributed by atoms with Gasteiger partial charge in [-0.15, -0.1) is 5.10 Å². The van der Waals surface area contributed by atoms with Crippen LogP contribution in [0.25, 0.3) is 11.1 Å². The Hall–Kier alpha value is -4.56. The van der Waals surface area contributed by atoms with E-state index in [1.807, 2.05) is 25.8 Å². The standard InChI is InChI=1S/C58H86FN5O16/c1-14-45-58(10,72)50(68)33(4)47(66)31(2)25-57(9,74-13)52(34(5)49(35(6)53(70)78-45)79-46-26-56(8,73-12)51(69)36(7)76-46)80-54-48(67)44(23-32(3)75-54)62(11)22-21-39-27-63(61-60-39)28-41-29-64(55(71)77-41)40-19-20-42(43(59)24-40)38-17-15-37(30-65)16-18-38/h15-20,24,27,31-36,41,44-46,48-52,54,65,67-69,72H,14,21-23,25-26,28-30H2,1-13H3/t31-,32-,33+,34+,35-,36+,41+,44+,45-,46+,48-,49+,50-,51+,52-,54+,56-,57-,58-/m1/s1. The molecule has 1 amide bonds. The monoisotopic (exact) mass is 1130 g/mol. The molecule has 80 heavy (non-hydrogen) atoms. The maximum Gasteiger partial charge on any atom is 0.414 e. The second kappa shape index (κ2) is 25.9. The van der Waals surface area contributed by atoms with E-state index in [-0.39, 0.29) is 44.7 Å². The van der Waals surface area contributed by atoms with Crippen molar-refractivity contribution in [2.45, 2.75) is 205 Å². The summed E-state index contributed by atoms with van der Waals surface area (Å²) in [6.45, 7) is 17.5. The zero-order valence-electron chi connectivity index (χ0n) is 48.6. The molecule has 0 radical (unpaired) electrons. The number of rotatable bonds is 16. The van der Waals surface area contributed by atoms with Crippen molar-refractivity contribution in [3.05, 3.63) is 65.7 Å². The Balaban J connectivity index is 1.08. The fraction of sp³-hybridized carbons (Fsp3) is 0.707. The first-order valence-corrected chi connectivity index (χ1v) is 28.0. The molecule has 19 atom stereocenters. The summed E-state index contributed by atoms with van der Waals surface area (Å²) in [7, 11) is 4.85. The highest BCUT2D eigenvalue weighted by molar-refractivity contribution is 5.90. The van der Waals surface area contributed by atoms with E-state index >= 15 is 4.39 Å². The van der Waals surface area contributed by atoms with Gasteiger partial charge in [0.25, 0.3) is 0 Å². The third-order valence-electron chi connectivity index (χ3n) is 17.5. The second-order valence-electron chi connectivity index (χ2n) is 23.5. The molecule has 21 nitrogen and oxygen atoms in total. The lowest BCUT2D eigenvalue weighted by molar-refractivity contribution is -0.319. The number of benzene rings is 2. The topological polar surface area (TPSA) is 263 Å². The number of likely N-dealkylation sites (N-methyl/N-ethyl adjacent to an activating group) is 1. The quantitative estimate of drug-likeness (QED) is 0.119. The molecule has 1 aromatic heterocycles. The molecule has 3 aromatic rings. The van der Waals surface area contributed by atoms with Gasteiger partial charge in [-0.3, -0.25) is 14.5 Å². The summed E-state index contributed by atoms with van der Waals surface area (Å²) >= 11 is 0. The van der Waals surface area contributed by atoms with Gasteiger partial charge in [-0.05, 0) is 97.2 Å². The second-order valence-corrected chi connectivity index (χ2v) is 23.5. The van der Waals surface area contributed by atoms with Crippen molar-refractivity contribution < 1.29 is 82.2 Å². The van der Waals surface area contributed by atoms with Crippen molar-refractivity contribution in [3.63, 3.8) is 0 Å². The maximum atomic E-state index is 15.4. The Kier molecular flexibility index (Phi) is 20.4. The largest absolute Gasteiger partial charge is 0.459 e. The smallest absolute Gasteiger partial charge is 0.414 e. The predicted molar refractivity (Wildman–Crippen MR) is 289 cm³/mol. The molecular formula is C58H86FN5O16. The molecule has 5 heterocycles. The average molecular weight is 1130 g/mol. The van der Waals surface area contributed by atoms with E-state index in [9.17, 15) is 39.9 Å². The molecule has 2 aromatic carbocycles. The number of esters is 1. The Morgan fingerprint density at radius 1 is 0.875 bits per heavy atom. The molecule has 7 rings (SSSR count). The molecule has 446 valence electrons. The lowest BCUT2D eigenvalue weighted by Crippen LogP contribution is -2.61. The van der Waals surface area contributed by atoms with Crippen LogP contribution in [0.4, 0.5) is 14.9 Å². The van der Waals surface area contributed by atoms with E-state index in [2.05, 4.69) is 10.3 Å². The molecule has 4 fully saturated rings. The molecule has 5 N–H and O–H groups in total. The zero-order valence-corrected chi connectivity index (χ0v) is 48.6. The van der Waals surface area contributed by atoms with Crippen LogP contribution in [0.15, 0.2) is 48.7 Å². The fourth-order valence-corrected chi connectivity index (χ4v) is 12.2. The summed E-state index contributed by atoms with van der Waals surface area (Å²) in [5.41, 5.74) is -1.80. The fourth-order valence-electron chi connectivity index (χ4n) is 12.2. The van der Waals surface area contributed by atoms with Crippen LogP contribution >= 0.6 is 0 Å². The number of methoxy groups -OCH3 is 2. The van der Waals surface area contributed by atoms with E-state index in [1.165, 1.54) is 39.0 Å². The normalized spacial score (nSPS) is 37.9. The molecular weight excluding hydrogens is 1040 g/mol. The van der Waals surface area contributed by atoms with E-state index in [0.717, 1.165) is 0 Å². The number of hydrogen-bond acceptors (Lipinski definition) is 19. The number of carbonyl (C=O) groups is 3. The number of carbonyl (C=O) groups excluding carboxylic acids is 3. The zero-order chi connectivity index (χ0) is 58.8. The number of ketones is 1. The molecule has 4 aliphatic heterocycles. The molecule has 22 heteroatoms. The number of ether oxygens (including phenoxy) is 8. The van der Waals surface area contributed by atoms with Gasteiger partial charge in [0.05, 0.1) is 78.7 Å². The van der Waals surface area contributed by atoms with Crippen LogP contribution in [0.1, 0.15) is 106 Å². The minimum atomic E-state index is -2.03. The third kappa shape index (κ3) is 13.6. The lowest BCUT2D eigenvalue weighted by Gasteiger charge is -2.50. The molecule has 0 bridgehead atoms. The first-order chi connectivity index (χ1) is 37.7. The highest BCUT2D eigenvalue weighted by Gasteiger charge is 2.54. The van der Waals surface area contributed by atoms with Crippen molar-refractivity contribution in [1.82, 2.24) is 19.9 Å². The Morgan fingerprint density at radius 2 is 1.56 bits per heavy atom. The van der Waals surface area contributed by atoms with Gasteiger partial charge in [-0.2, -0.15) is 0 Å². The number of aromatic nitrogens is 3. The van der Waals surface area contributed by atoms with E-state index in [1.54, 1.807) is 88.8 Å². The molecule has 0 spiro atoms. The predicted octanol–water partition coefficient (Wildman–Crippen LogP) is 4.97. The summed E-state index contributed by atoms with van der Waals surface area (Å²) in [5.74, 6) is -5.42. The van der Waals surface area contributed by atoms with E-state index < -0.39 is 132 Å². The van der Waals surface area contributed by atoms with Crippen LogP contribution in [0.2, 0.25) is 0 Å². The summed E-state index contributed by atoms with van der Waals surface area (Å²) in [6.07, 6.45) is -9.14. The molecule has 0 unspecified atom stereocenters. The van der Waals surface area contributed by atoms with Crippen LogP contribution in [-0.4, -0.2) is 188 Å². The Labute approximate surface area is 468 Å². The minimum absolute atomic E-state index is 0.0330. The van der Waals surface area contributed by atoms with Crippen LogP contribution < -0.4 is 4.90 Å². The molecule has 4 saturated heterocycles. The molecule has 0 aliphatic carbocycles. The van der Waals surface area contributed by atoms with Gasteiger partial charge in [-0.25, -0.2) is 13.9 Å². The van der Waals surface area contributed by atoms with Crippen LogP contribution in [0, 0.1) is 29.5 Å². The third-order valence-corrected chi connectivity index (χ3v) is 17.5. The first-order valence-electron chi connectivity index (χ1n) is 28.0. The van der Waals surface area contributed by atoms with Crippen LogP contribution in [-0.2, 0) is 67.1 Å². The van der Waals surface area contributed by atoms with Gasteiger partial charge in [0, 0.05) is 69.2 Å². The highest BCUT2D eigenvalue weighted by atomic mass is 19.1. The maximum absolute atomic E-state index is 15.4. The number of aliphatic hydroxyl groups is 5. The number of hydrogen-bond donors (Lipinski definition) is 5. The lowest BCUT2D eigenvalue weighted by atomic mass is 9.74. The van der Waals surface area contributed by atoms with Crippen molar-refractivity contribution in [3.8, 4) is 11.1 Å². The Morgan fingerprint density at radius 3 is 2.20 bits per heavy atom. The summed E-state index contributed by atoms with van der Waals surface area (Å²) in [6, 6.07) is 11.0. The molecule has 0 saturated carbocycles. The number of Topliss-reactive ketones (excluding diaryl/α,β-unsaturated/α-hetero) is 1. The number of halogens is 1. The van der Waals surface area contributed by atoms with Crippen LogP contribution in [0.3, 0.4) is 0 Å². The van der Waals surface area contributed by atoms with Crippen molar-refractivity contribution >= 4 is 23.5 Å². The highest BCUT2D eigenvalue weighted by Crippen LogP contribution is 2.42. The van der Waals surface area contributed by atoms with Crippen LogP contribution in [0.5, 0.6) is 0 Å². The number of aliphatic hydroxyl groups excluding tert-OH is 4. The number of nitrogens with zero attached hydrogens (tertiary/aromatic N) is 5. The molecule has 4 aliphatic rings. The SMILES string of the molecule is CC[C@H]1OC(=O)[C@H](C)[C@@H](O[C@H]2C[C@@](C)(OC)[C@@H](O)[C@H](C)O2)[C@H](C)[C@@H](O[C@@H]2O[C@H](C)C[C@H](N(C)CCc3cn(C[C@H]4CN(c5ccc(-c6ccc(CO)cc6)c(F)c5)C(=O)O4)nn3)[C@H]2O)[C@](C)(OC)C[C@@H](C)C(=O)[C@H](C)[C@@H](O)[C@]1(C)O. The van der Waals surface area contributed by atoms with Crippen molar-refractivity contribution in [2.24, 2.45) is 23.7 Å². The van der Waals surface area contributed by atoms with Gasteiger partial charge < -0.3 is 68.3 Å².